The lowest BCUT2D eigenvalue weighted by atomic mass is 10.1. The third kappa shape index (κ3) is 2.39. The first-order valence-corrected chi connectivity index (χ1v) is 4.77. The van der Waals surface area contributed by atoms with Gasteiger partial charge in [0.2, 0.25) is 0 Å². The Hall–Kier alpha value is -0.190. The summed E-state index contributed by atoms with van der Waals surface area (Å²) in [7, 11) is 0. The lowest BCUT2D eigenvalue weighted by Crippen LogP contribution is -2.02. The summed E-state index contributed by atoms with van der Waals surface area (Å²) < 4.78 is 25.8. The van der Waals surface area contributed by atoms with Crippen LogP contribution >= 0.6 is 27.5 Å². The number of hydrogen-bond acceptors (Lipinski definition) is 1. The first kappa shape index (κ1) is 10.9. The molecule has 0 aliphatic heterocycles. The van der Waals surface area contributed by atoms with Crippen molar-refractivity contribution in [3.05, 3.63) is 33.8 Å². The molecule has 0 aliphatic rings. The van der Waals surface area contributed by atoms with Crippen LogP contribution in [0.25, 0.3) is 0 Å². The predicted octanol–water partition coefficient (Wildman–Crippen LogP) is 3.00. The Bertz CT molecular complexity index is 319. The van der Waals surface area contributed by atoms with Gasteiger partial charge in [0.15, 0.2) is 0 Å². The van der Waals surface area contributed by atoms with Crippen molar-refractivity contribution >= 4 is 27.5 Å². The van der Waals surface area contributed by atoms with E-state index in [9.17, 15) is 13.9 Å². The lowest BCUT2D eigenvalue weighted by molar-refractivity contribution is 0.197. The molecule has 1 rings (SSSR count). The van der Waals surface area contributed by atoms with Crippen LogP contribution in [0.3, 0.4) is 0 Å². The molecule has 0 fully saturated rings. The first-order chi connectivity index (χ1) is 6.06. The first-order valence-electron chi connectivity index (χ1n) is 3.44. The van der Waals surface area contributed by atoms with E-state index in [0.29, 0.717) is 6.07 Å². The summed E-state index contributed by atoms with van der Waals surface area (Å²) in [6.07, 6.45) is -1.11. The maximum absolute atomic E-state index is 13.0. The Labute approximate surface area is 87.5 Å². The fourth-order valence-electron chi connectivity index (χ4n) is 0.876. The van der Waals surface area contributed by atoms with Crippen molar-refractivity contribution in [2.45, 2.75) is 6.10 Å². The zero-order valence-electron chi connectivity index (χ0n) is 6.40. The lowest BCUT2D eigenvalue weighted by Gasteiger charge is -2.08. The van der Waals surface area contributed by atoms with Crippen molar-refractivity contribution < 1.29 is 13.9 Å². The van der Waals surface area contributed by atoms with E-state index >= 15 is 0 Å². The highest BCUT2D eigenvalue weighted by molar-refractivity contribution is 9.10. The molecule has 1 nitrogen and oxygen atoms in total. The van der Waals surface area contributed by atoms with Gasteiger partial charge in [-0.1, -0.05) is 0 Å². The van der Waals surface area contributed by atoms with Crippen molar-refractivity contribution in [1.82, 2.24) is 0 Å². The van der Waals surface area contributed by atoms with Crippen LogP contribution in [0.15, 0.2) is 16.6 Å². The van der Waals surface area contributed by atoms with Crippen LogP contribution in [0.4, 0.5) is 8.78 Å². The minimum Gasteiger partial charge on any atom is -0.387 e. The van der Waals surface area contributed by atoms with Crippen LogP contribution in [0.1, 0.15) is 11.7 Å². The van der Waals surface area contributed by atoms with Gasteiger partial charge in [-0.05, 0) is 22.0 Å². The van der Waals surface area contributed by atoms with Gasteiger partial charge in [-0.25, -0.2) is 8.78 Å². The van der Waals surface area contributed by atoms with Gasteiger partial charge in [-0.15, -0.1) is 11.6 Å². The normalized spacial score (nSPS) is 13.0. The van der Waals surface area contributed by atoms with Gasteiger partial charge in [-0.2, -0.15) is 0 Å². The van der Waals surface area contributed by atoms with E-state index in [1.54, 1.807) is 0 Å². The number of aliphatic hydroxyl groups excluding tert-OH is 1. The van der Waals surface area contributed by atoms with Gasteiger partial charge in [0.1, 0.15) is 11.6 Å². The highest BCUT2D eigenvalue weighted by Gasteiger charge is 2.14. The second-order valence-electron chi connectivity index (χ2n) is 2.46. The Balaban J connectivity index is 3.15. The third-order valence-corrected chi connectivity index (χ3v) is 2.44. The monoisotopic (exact) mass is 270 g/mol. The molecule has 1 aromatic carbocycles. The molecule has 1 N–H and O–H groups in total. The molecule has 0 aliphatic carbocycles. The quantitative estimate of drug-likeness (QED) is 0.647. The topological polar surface area (TPSA) is 20.2 Å². The fourth-order valence-corrected chi connectivity index (χ4v) is 1.40. The Morgan fingerprint density at radius 1 is 1.38 bits per heavy atom. The molecule has 13 heavy (non-hydrogen) atoms. The highest BCUT2D eigenvalue weighted by Crippen LogP contribution is 2.25. The van der Waals surface area contributed by atoms with Gasteiger partial charge in [0.05, 0.1) is 16.5 Å². The van der Waals surface area contributed by atoms with E-state index in [1.807, 2.05) is 0 Å². The number of alkyl halides is 1. The van der Waals surface area contributed by atoms with E-state index in [-0.39, 0.29) is 15.9 Å². The van der Waals surface area contributed by atoms with Crippen molar-refractivity contribution in [3.8, 4) is 0 Å². The summed E-state index contributed by atoms with van der Waals surface area (Å²) in [4.78, 5) is 0. The molecule has 0 radical (unpaired) electrons. The molecule has 0 spiro atoms. The molecule has 0 bridgehead atoms. The largest absolute Gasteiger partial charge is 0.387 e. The number of aliphatic hydroxyl groups is 1. The number of hydrogen-bond donors (Lipinski definition) is 1. The Morgan fingerprint density at radius 2 is 2.00 bits per heavy atom. The molecular weight excluding hydrogens is 265 g/mol. The summed E-state index contributed by atoms with van der Waals surface area (Å²) in [6.45, 7) is 0. The van der Waals surface area contributed by atoms with Crippen LogP contribution < -0.4 is 0 Å². The van der Waals surface area contributed by atoms with Crippen LogP contribution in [0.5, 0.6) is 0 Å². The third-order valence-electron chi connectivity index (χ3n) is 1.54. The van der Waals surface area contributed by atoms with E-state index in [2.05, 4.69) is 15.9 Å². The smallest absolute Gasteiger partial charge is 0.140 e. The van der Waals surface area contributed by atoms with Crippen molar-refractivity contribution in [1.29, 1.82) is 0 Å². The standard InChI is InChI=1S/C8H6BrClF2O/c9-5-1-4(8(13)3-10)6(11)2-7(5)12/h1-2,8,13H,3H2/t8-/m0/s1. The summed E-state index contributed by atoms with van der Waals surface area (Å²) in [5.74, 6) is -1.63. The fraction of sp³-hybridized carbons (Fsp3) is 0.250. The van der Waals surface area contributed by atoms with Gasteiger partial charge >= 0.3 is 0 Å². The maximum atomic E-state index is 13.0. The van der Waals surface area contributed by atoms with Crippen molar-refractivity contribution in [2.24, 2.45) is 0 Å². The minimum atomic E-state index is -1.11. The SMILES string of the molecule is O[C@@H](CCl)c1cc(Br)c(F)cc1F. The molecule has 0 aromatic heterocycles. The molecule has 0 heterocycles. The summed E-state index contributed by atoms with van der Waals surface area (Å²) in [5.41, 5.74) is -0.0109. The van der Waals surface area contributed by atoms with E-state index in [0.717, 1.165) is 0 Å². The Kier molecular flexibility index (Phi) is 3.64. The molecule has 5 heteroatoms. The average molecular weight is 271 g/mol. The van der Waals surface area contributed by atoms with Gasteiger partial charge in [-0.3, -0.25) is 0 Å². The molecule has 1 atom stereocenters. The number of halogens is 4. The van der Waals surface area contributed by atoms with Crippen LogP contribution in [0.2, 0.25) is 0 Å². The molecular formula is C8H6BrClF2O. The van der Waals surface area contributed by atoms with E-state index in [4.69, 9.17) is 11.6 Å². The Morgan fingerprint density at radius 3 is 2.54 bits per heavy atom. The van der Waals surface area contributed by atoms with Gasteiger partial charge in [0.25, 0.3) is 0 Å². The molecule has 0 amide bonds. The van der Waals surface area contributed by atoms with Crippen molar-refractivity contribution in [3.63, 3.8) is 0 Å². The number of rotatable bonds is 2. The van der Waals surface area contributed by atoms with Crippen LogP contribution in [-0.4, -0.2) is 11.0 Å². The second kappa shape index (κ2) is 4.35. The molecule has 0 saturated carbocycles. The predicted molar refractivity (Wildman–Crippen MR) is 49.7 cm³/mol. The average Bonchev–Trinajstić information content (AvgIpc) is 2.10. The summed E-state index contributed by atoms with van der Waals surface area (Å²) in [5, 5.41) is 9.21. The summed E-state index contributed by atoms with van der Waals surface area (Å²) in [6, 6.07) is 1.88. The molecule has 1 aromatic rings. The second-order valence-corrected chi connectivity index (χ2v) is 3.62. The van der Waals surface area contributed by atoms with E-state index in [1.165, 1.54) is 6.07 Å². The maximum Gasteiger partial charge on any atom is 0.140 e. The van der Waals surface area contributed by atoms with Crippen molar-refractivity contribution in [2.75, 3.05) is 5.88 Å². The zero-order valence-corrected chi connectivity index (χ0v) is 8.74. The van der Waals surface area contributed by atoms with Gasteiger partial charge in [0, 0.05) is 11.6 Å². The van der Waals surface area contributed by atoms with Crippen LogP contribution in [0, 0.1) is 11.6 Å². The summed E-state index contributed by atoms with van der Waals surface area (Å²) >= 11 is 8.21. The van der Waals surface area contributed by atoms with Crippen LogP contribution in [-0.2, 0) is 0 Å². The molecule has 0 saturated heterocycles. The van der Waals surface area contributed by atoms with E-state index < -0.39 is 17.7 Å². The molecule has 72 valence electrons. The number of benzene rings is 1. The molecule has 0 unspecified atom stereocenters. The van der Waals surface area contributed by atoms with Gasteiger partial charge < -0.3 is 5.11 Å². The zero-order chi connectivity index (χ0) is 10.0. The minimum absolute atomic E-state index is 0.0109. The highest BCUT2D eigenvalue weighted by atomic mass is 79.9.